The van der Waals surface area contributed by atoms with Crippen LogP contribution in [-0.2, 0) is 0 Å². The number of nitrogens with one attached hydrogen (secondary N) is 1. The predicted molar refractivity (Wildman–Crippen MR) is 111 cm³/mol. The topological polar surface area (TPSA) is 88.4 Å². The zero-order chi connectivity index (χ0) is 21.7. The summed E-state index contributed by atoms with van der Waals surface area (Å²) in [5.74, 6) is 0.647. The third kappa shape index (κ3) is 2.97. The maximum Gasteiger partial charge on any atom is 0.165 e. The van der Waals surface area contributed by atoms with E-state index in [0.717, 1.165) is 29.8 Å². The number of benzene rings is 1. The number of fused-ring (bicyclic) bond motifs is 3. The maximum absolute atomic E-state index is 14.4. The Morgan fingerprint density at radius 1 is 1.16 bits per heavy atom. The van der Waals surface area contributed by atoms with Crippen LogP contribution in [0.25, 0.3) is 28.3 Å². The number of hydrogen-bond donors (Lipinski definition) is 1. The van der Waals surface area contributed by atoms with Gasteiger partial charge in [-0.1, -0.05) is 6.92 Å². The number of aromatic nitrogens is 7. The largest absolute Gasteiger partial charge is 0.342 e. The molecule has 0 saturated carbocycles. The summed E-state index contributed by atoms with van der Waals surface area (Å²) < 4.78 is 29.7. The van der Waals surface area contributed by atoms with Crippen molar-refractivity contribution < 1.29 is 8.78 Å². The number of aromatic amines is 1. The van der Waals surface area contributed by atoms with Gasteiger partial charge in [-0.15, -0.1) is 10.2 Å². The molecule has 0 bridgehead atoms. The Labute approximate surface area is 177 Å². The molecule has 31 heavy (non-hydrogen) atoms. The molecule has 1 aromatic carbocycles. The van der Waals surface area contributed by atoms with Gasteiger partial charge < -0.3 is 4.90 Å². The predicted octanol–water partition coefficient (Wildman–Crippen LogP) is 4.07. The first kappa shape index (κ1) is 19.3. The van der Waals surface area contributed by atoms with Crippen molar-refractivity contribution in [2.45, 2.75) is 39.3 Å². The molecule has 10 heteroatoms. The fourth-order valence-corrected chi connectivity index (χ4v) is 4.12. The third-order valence-electron chi connectivity index (χ3n) is 5.49. The number of anilines is 1. The van der Waals surface area contributed by atoms with Gasteiger partial charge in [0.2, 0.25) is 0 Å². The summed E-state index contributed by atoms with van der Waals surface area (Å²) in [6.45, 7) is 6.28. The minimum absolute atomic E-state index is 0.0103. The molecule has 3 aromatic heterocycles. The molecule has 4 aromatic rings. The van der Waals surface area contributed by atoms with E-state index in [1.165, 1.54) is 12.1 Å². The summed E-state index contributed by atoms with van der Waals surface area (Å²) in [5, 5.41) is 15.2. The molecule has 4 heterocycles. The molecule has 8 nitrogen and oxygen atoms in total. The number of rotatable bonds is 4. The first-order valence-corrected chi connectivity index (χ1v) is 10.0. The number of H-pyrrole nitrogens is 1. The lowest BCUT2D eigenvalue weighted by molar-refractivity contribution is 0.497. The lowest BCUT2D eigenvalue weighted by Gasteiger charge is -2.39. The Morgan fingerprint density at radius 3 is 2.74 bits per heavy atom. The molecule has 0 spiro atoms. The van der Waals surface area contributed by atoms with Crippen LogP contribution in [0.1, 0.15) is 39.1 Å². The van der Waals surface area contributed by atoms with Gasteiger partial charge in [-0.2, -0.15) is 5.10 Å². The molecule has 1 N–H and O–H groups in total. The van der Waals surface area contributed by atoms with E-state index >= 15 is 0 Å². The molecule has 158 valence electrons. The quantitative estimate of drug-likeness (QED) is 0.533. The van der Waals surface area contributed by atoms with E-state index in [1.807, 2.05) is 4.57 Å². The lowest BCUT2D eigenvalue weighted by Crippen LogP contribution is -2.40. The van der Waals surface area contributed by atoms with Crippen molar-refractivity contribution in [1.29, 1.82) is 0 Å². The fourth-order valence-electron chi connectivity index (χ4n) is 4.12. The van der Waals surface area contributed by atoms with Crippen molar-refractivity contribution >= 4 is 5.82 Å². The highest BCUT2D eigenvalue weighted by molar-refractivity contribution is 5.78. The van der Waals surface area contributed by atoms with Crippen molar-refractivity contribution in [3.05, 3.63) is 54.4 Å². The van der Waals surface area contributed by atoms with Crippen LogP contribution in [0.2, 0.25) is 0 Å². The lowest BCUT2D eigenvalue weighted by atomic mass is 10.1. The second-order valence-electron chi connectivity index (χ2n) is 7.67. The summed E-state index contributed by atoms with van der Waals surface area (Å²) in [4.78, 5) is 11.6. The highest BCUT2D eigenvalue weighted by Gasteiger charge is 2.35. The van der Waals surface area contributed by atoms with Crippen LogP contribution in [0.5, 0.6) is 0 Å². The maximum atomic E-state index is 14.4. The molecule has 1 atom stereocenters. The van der Waals surface area contributed by atoms with E-state index in [1.54, 1.807) is 18.7 Å². The second kappa shape index (κ2) is 7.22. The zero-order valence-corrected chi connectivity index (χ0v) is 17.2. The summed E-state index contributed by atoms with van der Waals surface area (Å²) >= 11 is 0. The van der Waals surface area contributed by atoms with Crippen LogP contribution in [0, 0.1) is 11.6 Å². The van der Waals surface area contributed by atoms with E-state index in [9.17, 15) is 8.78 Å². The normalized spacial score (nSPS) is 15.3. The molecule has 0 fully saturated rings. The molecule has 1 aliphatic rings. The zero-order valence-electron chi connectivity index (χ0n) is 17.2. The molecule has 0 aliphatic carbocycles. The van der Waals surface area contributed by atoms with E-state index in [4.69, 9.17) is 4.98 Å². The fraction of sp³-hybridized carbons (Fsp3) is 0.286. The van der Waals surface area contributed by atoms with Gasteiger partial charge in [-0.05, 0) is 32.4 Å². The van der Waals surface area contributed by atoms with Gasteiger partial charge in [0.25, 0.3) is 0 Å². The Balaban J connectivity index is 1.67. The summed E-state index contributed by atoms with van der Waals surface area (Å²) in [6.07, 6.45) is 5.75. The minimum Gasteiger partial charge on any atom is -0.342 e. The summed E-state index contributed by atoms with van der Waals surface area (Å²) in [7, 11) is 0. The molecule has 1 aliphatic heterocycles. The molecule has 0 radical (unpaired) electrons. The summed E-state index contributed by atoms with van der Waals surface area (Å²) in [6, 6.07) is 3.58. The molecular formula is C21H20F2N8. The Hall–Kier alpha value is -3.69. The number of nitrogens with zero attached hydrogens (tertiary/aromatic N) is 7. The SMILES string of the molecule is CCC1c2nncn2-c2cnc(-c3cn[nH]c3-c3ccc(F)cc3F)nc2N1C(C)C. The summed E-state index contributed by atoms with van der Waals surface area (Å²) in [5.41, 5.74) is 1.89. The first-order chi connectivity index (χ1) is 15.0. The standard InChI is InChI=1S/C21H20F2N8/c1-4-16-21-29-26-10-30(21)17-9-24-19(27-20(17)31(16)11(2)3)14-8-25-28-18(14)13-6-5-12(22)7-15(13)23/h5-11,16H,4H2,1-3H3,(H,25,28). The van der Waals surface area contributed by atoms with Gasteiger partial charge in [-0.3, -0.25) is 9.67 Å². The van der Waals surface area contributed by atoms with Crippen LogP contribution in [-0.4, -0.2) is 41.0 Å². The highest BCUT2D eigenvalue weighted by Crippen LogP contribution is 2.40. The molecule has 1 unspecified atom stereocenters. The smallest absolute Gasteiger partial charge is 0.165 e. The van der Waals surface area contributed by atoms with Crippen LogP contribution in [0.15, 0.2) is 36.9 Å². The van der Waals surface area contributed by atoms with E-state index in [-0.39, 0.29) is 17.6 Å². The monoisotopic (exact) mass is 422 g/mol. The second-order valence-corrected chi connectivity index (χ2v) is 7.67. The molecule has 0 amide bonds. The van der Waals surface area contributed by atoms with Gasteiger partial charge in [-0.25, -0.2) is 18.7 Å². The van der Waals surface area contributed by atoms with Crippen LogP contribution in [0.4, 0.5) is 14.6 Å². The van der Waals surface area contributed by atoms with Crippen LogP contribution >= 0.6 is 0 Å². The number of halogens is 2. The van der Waals surface area contributed by atoms with E-state index in [0.29, 0.717) is 17.1 Å². The van der Waals surface area contributed by atoms with Gasteiger partial charge in [0.1, 0.15) is 23.6 Å². The molecule has 5 rings (SSSR count). The number of hydrogen-bond acceptors (Lipinski definition) is 6. The van der Waals surface area contributed by atoms with Crippen molar-refractivity contribution in [2.75, 3.05) is 4.90 Å². The Kier molecular flexibility index (Phi) is 4.49. The minimum atomic E-state index is -0.688. The van der Waals surface area contributed by atoms with Crippen molar-refractivity contribution in [3.63, 3.8) is 0 Å². The third-order valence-corrected chi connectivity index (χ3v) is 5.49. The van der Waals surface area contributed by atoms with Gasteiger partial charge in [0.05, 0.1) is 29.7 Å². The van der Waals surface area contributed by atoms with Gasteiger partial charge >= 0.3 is 0 Å². The van der Waals surface area contributed by atoms with Gasteiger partial charge in [0.15, 0.2) is 17.5 Å². The van der Waals surface area contributed by atoms with Crippen LogP contribution < -0.4 is 4.90 Å². The van der Waals surface area contributed by atoms with Crippen molar-refractivity contribution in [3.8, 4) is 28.3 Å². The average molecular weight is 422 g/mol. The van der Waals surface area contributed by atoms with Crippen LogP contribution in [0.3, 0.4) is 0 Å². The van der Waals surface area contributed by atoms with Crippen molar-refractivity contribution in [1.82, 2.24) is 34.9 Å². The Morgan fingerprint density at radius 2 is 2.00 bits per heavy atom. The molecule has 0 saturated heterocycles. The first-order valence-electron chi connectivity index (χ1n) is 10.0. The van der Waals surface area contributed by atoms with E-state index < -0.39 is 11.6 Å². The Bertz CT molecular complexity index is 1260. The van der Waals surface area contributed by atoms with Crippen molar-refractivity contribution in [2.24, 2.45) is 0 Å². The van der Waals surface area contributed by atoms with E-state index in [2.05, 4.69) is 51.0 Å². The molecular weight excluding hydrogens is 402 g/mol. The highest BCUT2D eigenvalue weighted by atomic mass is 19.1. The average Bonchev–Trinajstić information content (AvgIpc) is 3.42. The van der Waals surface area contributed by atoms with Gasteiger partial charge in [0, 0.05) is 17.7 Å².